The van der Waals surface area contributed by atoms with Crippen LogP contribution in [0, 0.1) is 0 Å². The molecule has 0 heterocycles. The van der Waals surface area contributed by atoms with Crippen LogP contribution in [0.15, 0.2) is 54.6 Å². The lowest BCUT2D eigenvalue weighted by molar-refractivity contribution is 0.0885. The molecule has 2 rings (SSSR count). The van der Waals surface area contributed by atoms with Gasteiger partial charge in [-0.05, 0) is 24.3 Å². The van der Waals surface area contributed by atoms with Crippen LogP contribution in [0.25, 0.3) is 0 Å². The number of ketones is 1. The van der Waals surface area contributed by atoms with Crippen molar-refractivity contribution < 1.29 is 9.53 Å². The van der Waals surface area contributed by atoms with Gasteiger partial charge in [-0.1, -0.05) is 53.5 Å². The molecule has 0 spiro atoms. The van der Waals surface area contributed by atoms with Gasteiger partial charge in [0.2, 0.25) is 11.3 Å². The molecule has 0 saturated heterocycles. The SMILES string of the molecule is O=C(c1cccc(Cl)c1)C(Cl)Oc1ccccc1. The molecule has 2 aromatic carbocycles. The van der Waals surface area contributed by atoms with Crippen LogP contribution in [0.4, 0.5) is 0 Å². The largest absolute Gasteiger partial charge is 0.467 e. The van der Waals surface area contributed by atoms with Crippen LogP contribution in [-0.4, -0.2) is 11.3 Å². The third kappa shape index (κ3) is 3.25. The average Bonchev–Trinajstić information content (AvgIpc) is 2.39. The predicted molar refractivity (Wildman–Crippen MR) is 72.5 cm³/mol. The summed E-state index contributed by atoms with van der Waals surface area (Å²) in [6.07, 6.45) is 0. The fourth-order valence-electron chi connectivity index (χ4n) is 1.44. The van der Waals surface area contributed by atoms with Crippen molar-refractivity contribution in [3.63, 3.8) is 0 Å². The summed E-state index contributed by atoms with van der Waals surface area (Å²) in [6.45, 7) is 0. The highest BCUT2D eigenvalue weighted by Crippen LogP contribution is 2.18. The first-order chi connectivity index (χ1) is 8.66. The van der Waals surface area contributed by atoms with E-state index < -0.39 is 5.56 Å². The molecule has 0 fully saturated rings. The van der Waals surface area contributed by atoms with Crippen LogP contribution in [-0.2, 0) is 0 Å². The summed E-state index contributed by atoms with van der Waals surface area (Å²) in [5.41, 5.74) is -0.635. The summed E-state index contributed by atoms with van der Waals surface area (Å²) < 4.78 is 5.34. The molecule has 4 heteroatoms. The number of carbonyl (C=O) groups excluding carboxylic acids is 1. The van der Waals surface area contributed by atoms with Crippen LogP contribution >= 0.6 is 23.2 Å². The molecule has 0 aliphatic carbocycles. The first kappa shape index (κ1) is 12.9. The van der Waals surface area contributed by atoms with Crippen molar-refractivity contribution in [2.45, 2.75) is 5.56 Å². The van der Waals surface area contributed by atoms with Gasteiger partial charge in [0.05, 0.1) is 0 Å². The molecule has 0 N–H and O–H groups in total. The predicted octanol–water partition coefficient (Wildman–Crippen LogP) is 4.17. The van der Waals surface area contributed by atoms with E-state index in [9.17, 15) is 4.79 Å². The molecular weight excluding hydrogens is 271 g/mol. The highest BCUT2D eigenvalue weighted by atomic mass is 35.5. The van der Waals surface area contributed by atoms with Crippen molar-refractivity contribution in [1.82, 2.24) is 0 Å². The monoisotopic (exact) mass is 280 g/mol. The summed E-state index contributed by atoms with van der Waals surface area (Å²) in [5, 5.41) is 0.490. The number of halogens is 2. The van der Waals surface area contributed by atoms with Gasteiger partial charge in [0.1, 0.15) is 5.75 Å². The fourth-order valence-corrected chi connectivity index (χ4v) is 1.86. The summed E-state index contributed by atoms with van der Waals surface area (Å²) >= 11 is 11.8. The Labute approximate surface area is 115 Å². The van der Waals surface area contributed by atoms with E-state index in [0.717, 1.165) is 0 Å². The third-order valence-corrected chi connectivity index (χ3v) is 2.82. The van der Waals surface area contributed by atoms with Crippen LogP contribution in [0.2, 0.25) is 5.02 Å². The Bertz CT molecular complexity index is 541. The molecule has 1 atom stereocenters. The second-order valence-corrected chi connectivity index (χ2v) is 4.45. The molecule has 18 heavy (non-hydrogen) atoms. The van der Waals surface area contributed by atoms with E-state index in [1.165, 1.54) is 0 Å². The topological polar surface area (TPSA) is 26.3 Å². The number of hydrogen-bond donors (Lipinski definition) is 0. The smallest absolute Gasteiger partial charge is 0.234 e. The average molecular weight is 281 g/mol. The Morgan fingerprint density at radius 2 is 1.78 bits per heavy atom. The van der Waals surface area contributed by atoms with Crippen LogP contribution in [0.5, 0.6) is 5.75 Å². The molecule has 0 radical (unpaired) electrons. The number of ether oxygens (including phenoxy) is 1. The maximum Gasteiger partial charge on any atom is 0.234 e. The van der Waals surface area contributed by atoms with E-state index in [1.54, 1.807) is 36.4 Å². The molecule has 0 aromatic heterocycles. The molecule has 92 valence electrons. The maximum atomic E-state index is 12.0. The van der Waals surface area contributed by atoms with Gasteiger partial charge < -0.3 is 4.74 Å². The zero-order valence-electron chi connectivity index (χ0n) is 9.35. The Hall–Kier alpha value is -1.51. The lowest BCUT2D eigenvalue weighted by atomic mass is 10.1. The lowest BCUT2D eigenvalue weighted by Crippen LogP contribution is -2.21. The van der Waals surface area contributed by atoms with E-state index in [1.807, 2.05) is 18.2 Å². The summed E-state index contributed by atoms with van der Waals surface area (Å²) in [5.74, 6) is 0.232. The molecular formula is C14H10Cl2O2. The Kier molecular flexibility index (Phi) is 4.24. The third-order valence-electron chi connectivity index (χ3n) is 2.30. The van der Waals surface area contributed by atoms with Gasteiger partial charge in [0.15, 0.2) is 0 Å². The van der Waals surface area contributed by atoms with Crippen molar-refractivity contribution >= 4 is 29.0 Å². The van der Waals surface area contributed by atoms with Crippen LogP contribution in [0.1, 0.15) is 10.4 Å². The lowest BCUT2D eigenvalue weighted by Gasteiger charge is -2.11. The van der Waals surface area contributed by atoms with Gasteiger partial charge in [0, 0.05) is 10.6 Å². The van der Waals surface area contributed by atoms with Gasteiger partial charge in [-0.2, -0.15) is 0 Å². The van der Waals surface area contributed by atoms with Crippen molar-refractivity contribution in [2.24, 2.45) is 0 Å². The van der Waals surface area contributed by atoms with Gasteiger partial charge >= 0.3 is 0 Å². The Balaban J connectivity index is 2.10. The van der Waals surface area contributed by atoms with Crippen LogP contribution in [0.3, 0.4) is 0 Å². The van der Waals surface area contributed by atoms with Gasteiger partial charge in [-0.25, -0.2) is 0 Å². The van der Waals surface area contributed by atoms with Crippen LogP contribution < -0.4 is 4.74 Å². The molecule has 0 bridgehead atoms. The number of para-hydroxylation sites is 1. The zero-order chi connectivity index (χ0) is 13.0. The van der Waals surface area contributed by atoms with Gasteiger partial charge in [0.25, 0.3) is 0 Å². The second-order valence-electron chi connectivity index (χ2n) is 3.62. The quantitative estimate of drug-likeness (QED) is 0.621. The number of Topliss-reactive ketones (excluding diaryl/α,β-unsaturated/α-hetero) is 1. The maximum absolute atomic E-state index is 12.0. The molecule has 1 unspecified atom stereocenters. The Morgan fingerprint density at radius 3 is 2.44 bits per heavy atom. The number of hydrogen-bond acceptors (Lipinski definition) is 2. The van der Waals surface area contributed by atoms with Crippen molar-refractivity contribution in [1.29, 1.82) is 0 Å². The highest BCUT2D eigenvalue weighted by Gasteiger charge is 2.19. The van der Waals surface area contributed by atoms with Gasteiger partial charge in [-0.3, -0.25) is 4.79 Å². The fraction of sp³-hybridized carbons (Fsp3) is 0.0714. The molecule has 0 amide bonds. The van der Waals surface area contributed by atoms with Crippen molar-refractivity contribution in [2.75, 3.05) is 0 Å². The minimum Gasteiger partial charge on any atom is -0.467 e. The molecule has 0 aliphatic heterocycles. The first-order valence-corrected chi connectivity index (χ1v) is 6.14. The Morgan fingerprint density at radius 1 is 1.06 bits per heavy atom. The van der Waals surface area contributed by atoms with E-state index in [4.69, 9.17) is 27.9 Å². The van der Waals surface area contributed by atoms with Crippen molar-refractivity contribution in [3.8, 4) is 5.75 Å². The van der Waals surface area contributed by atoms with E-state index in [0.29, 0.717) is 16.3 Å². The summed E-state index contributed by atoms with van der Waals surface area (Å²) in [7, 11) is 0. The zero-order valence-corrected chi connectivity index (χ0v) is 10.9. The van der Waals surface area contributed by atoms with E-state index in [-0.39, 0.29) is 5.78 Å². The van der Waals surface area contributed by atoms with Crippen molar-refractivity contribution in [3.05, 3.63) is 65.2 Å². The molecule has 2 aromatic rings. The second kappa shape index (κ2) is 5.89. The minimum absolute atomic E-state index is 0.317. The minimum atomic E-state index is -1.06. The first-order valence-electron chi connectivity index (χ1n) is 5.32. The number of benzene rings is 2. The van der Waals surface area contributed by atoms with Gasteiger partial charge in [-0.15, -0.1) is 0 Å². The molecule has 2 nitrogen and oxygen atoms in total. The number of rotatable bonds is 4. The molecule has 0 aliphatic rings. The summed E-state index contributed by atoms with van der Waals surface area (Å²) in [6, 6.07) is 15.6. The highest BCUT2D eigenvalue weighted by molar-refractivity contribution is 6.34. The molecule has 0 saturated carbocycles. The number of alkyl halides is 1. The summed E-state index contributed by atoms with van der Waals surface area (Å²) in [4.78, 5) is 12.0. The standard InChI is InChI=1S/C14H10Cl2O2/c15-11-6-4-5-10(9-11)13(17)14(16)18-12-7-2-1-3-8-12/h1-9,14H. The van der Waals surface area contributed by atoms with E-state index >= 15 is 0 Å². The number of carbonyl (C=O) groups is 1. The normalized spacial score (nSPS) is 11.9. The van der Waals surface area contributed by atoms with E-state index in [2.05, 4.69) is 0 Å².